The topological polar surface area (TPSA) is 108 Å². The van der Waals surface area contributed by atoms with Crippen molar-refractivity contribution < 1.29 is 23.9 Å². The number of rotatable bonds is 6. The molecule has 3 aromatic carbocycles. The Balaban J connectivity index is 1.41. The van der Waals surface area contributed by atoms with E-state index in [-0.39, 0.29) is 28.2 Å². The molecule has 0 bridgehead atoms. The van der Waals surface area contributed by atoms with Crippen molar-refractivity contribution in [2.45, 2.75) is 20.8 Å². The zero-order chi connectivity index (χ0) is 28.0. The molecule has 0 saturated heterocycles. The molecule has 1 aliphatic rings. The highest BCUT2D eigenvalue weighted by Gasteiger charge is 2.41. The Kier molecular flexibility index (Phi) is 6.35. The first-order valence-electron chi connectivity index (χ1n) is 12.2. The van der Waals surface area contributed by atoms with Crippen LogP contribution in [0, 0.1) is 20.8 Å². The maximum atomic E-state index is 13.4. The first-order chi connectivity index (χ1) is 18.6. The van der Waals surface area contributed by atoms with Gasteiger partial charge in [-0.3, -0.25) is 23.9 Å². The van der Waals surface area contributed by atoms with Crippen molar-refractivity contribution in [3.8, 4) is 5.69 Å². The van der Waals surface area contributed by atoms with E-state index < -0.39 is 29.9 Å². The zero-order valence-corrected chi connectivity index (χ0v) is 21.8. The third kappa shape index (κ3) is 4.27. The SMILES string of the molecule is Cc1ccc(C)c(C(=O)COC(=O)c2ccc3c(c2)C(=O)N(c2c(C)n(C)n(-c4ccccc4)c2=O)C3=O)c1. The Morgan fingerprint density at radius 1 is 0.821 bits per heavy atom. The molecule has 5 rings (SSSR count). The lowest BCUT2D eigenvalue weighted by Gasteiger charge is -2.11. The largest absolute Gasteiger partial charge is 0.454 e. The summed E-state index contributed by atoms with van der Waals surface area (Å²) in [6, 6.07) is 18.3. The molecule has 39 heavy (non-hydrogen) atoms. The summed E-state index contributed by atoms with van der Waals surface area (Å²) in [5.74, 6) is -2.54. The fourth-order valence-electron chi connectivity index (χ4n) is 4.71. The Hall–Kier alpha value is -5.05. The van der Waals surface area contributed by atoms with Gasteiger partial charge in [-0.15, -0.1) is 0 Å². The number of aryl methyl sites for hydroxylation is 2. The smallest absolute Gasteiger partial charge is 0.338 e. The molecule has 0 spiro atoms. The van der Waals surface area contributed by atoms with E-state index in [2.05, 4.69) is 0 Å². The number of esters is 1. The number of carbonyl (C=O) groups excluding carboxylic acids is 4. The zero-order valence-electron chi connectivity index (χ0n) is 21.8. The molecule has 196 valence electrons. The Bertz CT molecular complexity index is 1750. The molecule has 0 atom stereocenters. The van der Waals surface area contributed by atoms with Crippen molar-refractivity contribution in [2.75, 3.05) is 11.5 Å². The van der Waals surface area contributed by atoms with Crippen molar-refractivity contribution in [3.63, 3.8) is 0 Å². The second-order valence-electron chi connectivity index (χ2n) is 9.43. The molecule has 9 heteroatoms. The summed E-state index contributed by atoms with van der Waals surface area (Å²) in [6.45, 7) is 4.84. The molecule has 0 unspecified atom stereocenters. The highest BCUT2D eigenvalue weighted by Crippen LogP contribution is 2.30. The van der Waals surface area contributed by atoms with Crippen LogP contribution in [0.2, 0.25) is 0 Å². The Labute approximate surface area is 223 Å². The van der Waals surface area contributed by atoms with Gasteiger partial charge in [0.1, 0.15) is 5.69 Å². The van der Waals surface area contributed by atoms with Crippen LogP contribution >= 0.6 is 0 Å². The second-order valence-corrected chi connectivity index (χ2v) is 9.43. The van der Waals surface area contributed by atoms with Gasteiger partial charge in [-0.05, 0) is 62.7 Å². The third-order valence-corrected chi connectivity index (χ3v) is 6.90. The first kappa shape index (κ1) is 25.6. The summed E-state index contributed by atoms with van der Waals surface area (Å²) in [7, 11) is 1.67. The fourth-order valence-corrected chi connectivity index (χ4v) is 4.71. The van der Waals surface area contributed by atoms with Crippen LogP contribution in [0.4, 0.5) is 5.69 Å². The predicted octanol–water partition coefficient (Wildman–Crippen LogP) is 3.94. The van der Waals surface area contributed by atoms with E-state index in [0.717, 1.165) is 16.0 Å². The average Bonchev–Trinajstić information content (AvgIpc) is 3.30. The Morgan fingerprint density at radius 2 is 1.51 bits per heavy atom. The van der Waals surface area contributed by atoms with E-state index in [4.69, 9.17) is 4.74 Å². The average molecular weight is 524 g/mol. The van der Waals surface area contributed by atoms with Gasteiger partial charge in [0.25, 0.3) is 17.4 Å². The van der Waals surface area contributed by atoms with E-state index in [1.807, 2.05) is 25.1 Å². The van der Waals surface area contributed by atoms with Gasteiger partial charge in [0, 0.05) is 12.6 Å². The molecule has 1 aliphatic heterocycles. The Morgan fingerprint density at radius 3 is 2.23 bits per heavy atom. The van der Waals surface area contributed by atoms with Crippen molar-refractivity contribution in [1.82, 2.24) is 9.36 Å². The number of ether oxygens (including phenoxy) is 1. The van der Waals surface area contributed by atoms with Gasteiger partial charge in [-0.2, -0.15) is 0 Å². The number of amides is 2. The van der Waals surface area contributed by atoms with Crippen LogP contribution in [0.1, 0.15) is 58.3 Å². The van der Waals surface area contributed by atoms with Crippen LogP contribution in [0.5, 0.6) is 0 Å². The van der Waals surface area contributed by atoms with Crippen LogP contribution in [0.25, 0.3) is 5.69 Å². The monoisotopic (exact) mass is 523 g/mol. The second kappa shape index (κ2) is 9.68. The molecule has 1 aromatic heterocycles. The van der Waals surface area contributed by atoms with Gasteiger partial charge in [-0.1, -0.05) is 35.9 Å². The van der Waals surface area contributed by atoms with E-state index in [9.17, 15) is 24.0 Å². The van der Waals surface area contributed by atoms with Gasteiger partial charge in [-0.25, -0.2) is 14.4 Å². The molecule has 9 nitrogen and oxygen atoms in total. The van der Waals surface area contributed by atoms with Crippen LogP contribution in [-0.4, -0.2) is 39.5 Å². The molecule has 0 saturated carbocycles. The standard InChI is InChI=1S/C30H25N3O6/c1-17-10-11-18(2)23(14-17)25(34)16-39-30(38)20-12-13-22-24(15-20)28(36)32(27(22)35)26-19(3)31(4)33(29(26)37)21-8-6-5-7-9-21/h5-15H,16H2,1-4H3. The van der Waals surface area contributed by atoms with Crippen LogP contribution in [0.15, 0.2) is 71.5 Å². The summed E-state index contributed by atoms with van der Waals surface area (Å²) in [5, 5.41) is 0. The highest BCUT2D eigenvalue weighted by molar-refractivity contribution is 6.34. The van der Waals surface area contributed by atoms with Crippen LogP contribution in [-0.2, 0) is 11.8 Å². The summed E-state index contributed by atoms with van der Waals surface area (Å²) in [6.07, 6.45) is 0. The minimum absolute atomic E-state index is 0.0111. The normalized spacial score (nSPS) is 12.6. The molecule has 0 N–H and O–H groups in total. The number of hydrogen-bond acceptors (Lipinski definition) is 6. The number of imide groups is 1. The molecular formula is C30H25N3O6. The lowest BCUT2D eigenvalue weighted by Crippen LogP contribution is -2.34. The fraction of sp³-hybridized carbons (Fsp3) is 0.167. The maximum absolute atomic E-state index is 13.4. The lowest BCUT2D eigenvalue weighted by atomic mass is 10.0. The molecule has 2 amide bonds. The number of ketones is 1. The number of carbonyl (C=O) groups is 4. The number of nitrogens with zero attached hydrogens (tertiary/aromatic N) is 3. The summed E-state index contributed by atoms with van der Waals surface area (Å²) < 4.78 is 8.18. The van der Waals surface area contributed by atoms with Crippen LogP contribution in [0.3, 0.4) is 0 Å². The summed E-state index contributed by atoms with van der Waals surface area (Å²) >= 11 is 0. The number of para-hydroxylation sites is 1. The quantitative estimate of drug-likeness (QED) is 0.215. The summed E-state index contributed by atoms with van der Waals surface area (Å²) in [4.78, 5) is 66.3. The van der Waals surface area contributed by atoms with E-state index >= 15 is 0 Å². The maximum Gasteiger partial charge on any atom is 0.338 e. The van der Waals surface area contributed by atoms with E-state index in [1.54, 1.807) is 55.9 Å². The molecule has 4 aromatic rings. The van der Waals surface area contributed by atoms with E-state index in [0.29, 0.717) is 16.9 Å². The van der Waals surface area contributed by atoms with Gasteiger partial charge in [0.15, 0.2) is 6.61 Å². The number of anilines is 1. The number of benzene rings is 3. The van der Waals surface area contributed by atoms with Gasteiger partial charge in [0.2, 0.25) is 5.78 Å². The van der Waals surface area contributed by atoms with Crippen molar-refractivity contribution in [2.24, 2.45) is 7.05 Å². The van der Waals surface area contributed by atoms with Crippen molar-refractivity contribution >= 4 is 29.3 Å². The first-order valence-corrected chi connectivity index (χ1v) is 12.2. The summed E-state index contributed by atoms with van der Waals surface area (Å²) in [5.41, 5.74) is 2.61. The third-order valence-electron chi connectivity index (χ3n) is 6.90. The van der Waals surface area contributed by atoms with Crippen molar-refractivity contribution in [1.29, 1.82) is 0 Å². The number of fused-ring (bicyclic) bond motifs is 1. The molecule has 0 radical (unpaired) electrons. The molecule has 0 aliphatic carbocycles. The minimum Gasteiger partial charge on any atom is -0.454 e. The van der Waals surface area contributed by atoms with Gasteiger partial charge in [0.05, 0.1) is 28.1 Å². The molecule has 0 fully saturated rings. The van der Waals surface area contributed by atoms with Gasteiger partial charge >= 0.3 is 5.97 Å². The predicted molar refractivity (Wildman–Crippen MR) is 144 cm³/mol. The van der Waals surface area contributed by atoms with Gasteiger partial charge < -0.3 is 4.74 Å². The van der Waals surface area contributed by atoms with Crippen molar-refractivity contribution in [3.05, 3.63) is 116 Å². The minimum atomic E-state index is -0.808. The number of Topliss-reactive ketones (excluding diaryl/α,β-unsaturated/α-hetero) is 1. The van der Waals surface area contributed by atoms with Crippen LogP contribution < -0.4 is 10.5 Å². The molecular weight excluding hydrogens is 498 g/mol. The lowest BCUT2D eigenvalue weighted by molar-refractivity contribution is 0.0474. The highest BCUT2D eigenvalue weighted by atomic mass is 16.5. The number of hydrogen-bond donors (Lipinski definition) is 0. The molecule has 2 heterocycles. The van der Waals surface area contributed by atoms with E-state index in [1.165, 1.54) is 22.9 Å². The number of aromatic nitrogens is 2.